The van der Waals surface area contributed by atoms with E-state index < -0.39 is 0 Å². The summed E-state index contributed by atoms with van der Waals surface area (Å²) in [5, 5.41) is 2.96. The van der Waals surface area contributed by atoms with Crippen molar-refractivity contribution in [1.29, 1.82) is 0 Å². The Bertz CT molecular complexity index is 658. The first kappa shape index (κ1) is 17.2. The summed E-state index contributed by atoms with van der Waals surface area (Å²) in [6.45, 7) is 11.4. The average molecular weight is 310 g/mol. The van der Waals surface area contributed by atoms with Crippen LogP contribution in [0.4, 0.5) is 5.69 Å². The fourth-order valence-corrected chi connectivity index (χ4v) is 2.48. The van der Waals surface area contributed by atoms with E-state index in [1.54, 1.807) is 0 Å². The van der Waals surface area contributed by atoms with Crippen LogP contribution in [0.25, 0.3) is 0 Å². The molecule has 0 unspecified atom stereocenters. The van der Waals surface area contributed by atoms with E-state index in [0.717, 1.165) is 30.9 Å². The normalized spacial score (nSPS) is 10.8. The number of hydrogen-bond acceptors (Lipinski definition) is 2. The van der Waals surface area contributed by atoms with Crippen molar-refractivity contribution in [2.45, 2.75) is 34.2 Å². The maximum atomic E-state index is 12.3. The molecular weight excluding hydrogens is 284 g/mol. The van der Waals surface area contributed by atoms with Crippen LogP contribution in [0.3, 0.4) is 0 Å². The molecule has 122 valence electrons. The zero-order valence-corrected chi connectivity index (χ0v) is 14.5. The summed E-state index contributed by atoms with van der Waals surface area (Å²) in [6.07, 6.45) is 0. The summed E-state index contributed by atoms with van der Waals surface area (Å²) >= 11 is 0. The van der Waals surface area contributed by atoms with Crippen LogP contribution in [0.1, 0.15) is 40.9 Å². The molecule has 2 aromatic rings. The number of hydrogen-bond donors (Lipinski definition) is 1. The van der Waals surface area contributed by atoms with E-state index in [0.29, 0.717) is 5.56 Å². The highest BCUT2D eigenvalue weighted by Gasteiger charge is 2.07. The van der Waals surface area contributed by atoms with Crippen molar-refractivity contribution in [2.75, 3.05) is 18.4 Å². The average Bonchev–Trinajstić information content (AvgIpc) is 2.56. The lowest BCUT2D eigenvalue weighted by Gasteiger charge is -2.18. The molecule has 0 bridgehead atoms. The number of carbonyl (C=O) groups excluding carboxylic acids is 1. The van der Waals surface area contributed by atoms with Crippen molar-refractivity contribution in [3.8, 4) is 0 Å². The first-order valence-corrected chi connectivity index (χ1v) is 8.23. The monoisotopic (exact) mass is 310 g/mol. The van der Waals surface area contributed by atoms with E-state index in [1.807, 2.05) is 44.2 Å². The predicted octanol–water partition coefficient (Wildman–Crippen LogP) is 4.40. The second kappa shape index (κ2) is 7.93. The Morgan fingerprint density at radius 1 is 0.957 bits per heavy atom. The van der Waals surface area contributed by atoms with Crippen molar-refractivity contribution in [2.24, 2.45) is 0 Å². The molecule has 0 aromatic heterocycles. The molecule has 0 aliphatic heterocycles. The summed E-state index contributed by atoms with van der Waals surface area (Å²) in [5.74, 6) is -0.0652. The van der Waals surface area contributed by atoms with Crippen LogP contribution in [-0.2, 0) is 6.54 Å². The Balaban J connectivity index is 2.02. The molecule has 2 aromatic carbocycles. The number of nitrogens with one attached hydrogen (secondary N) is 1. The fraction of sp³-hybridized carbons (Fsp3) is 0.350. The van der Waals surface area contributed by atoms with Gasteiger partial charge in [-0.2, -0.15) is 0 Å². The lowest BCUT2D eigenvalue weighted by atomic mass is 10.1. The maximum Gasteiger partial charge on any atom is 0.255 e. The molecule has 0 fully saturated rings. The van der Waals surface area contributed by atoms with E-state index in [4.69, 9.17) is 0 Å². The van der Waals surface area contributed by atoms with Crippen LogP contribution in [0.5, 0.6) is 0 Å². The first-order chi connectivity index (χ1) is 11.0. The SMILES string of the molecule is CCN(CC)Cc1ccc(NC(=O)c2ccc(C)c(C)c2)cc1. The molecule has 0 saturated carbocycles. The van der Waals surface area contributed by atoms with Crippen LogP contribution in [0, 0.1) is 13.8 Å². The van der Waals surface area contributed by atoms with Crippen molar-refractivity contribution >= 4 is 11.6 Å². The number of carbonyl (C=O) groups is 1. The molecule has 3 heteroatoms. The molecule has 1 N–H and O–H groups in total. The van der Waals surface area contributed by atoms with E-state index in [1.165, 1.54) is 11.1 Å². The molecule has 0 heterocycles. The van der Waals surface area contributed by atoms with Gasteiger partial charge in [0.15, 0.2) is 0 Å². The molecule has 0 radical (unpaired) electrons. The van der Waals surface area contributed by atoms with Gasteiger partial charge in [-0.3, -0.25) is 9.69 Å². The quantitative estimate of drug-likeness (QED) is 0.858. The van der Waals surface area contributed by atoms with Crippen LogP contribution < -0.4 is 5.32 Å². The Morgan fingerprint density at radius 3 is 2.17 bits per heavy atom. The third kappa shape index (κ3) is 4.67. The number of benzene rings is 2. The smallest absolute Gasteiger partial charge is 0.255 e. The highest BCUT2D eigenvalue weighted by molar-refractivity contribution is 6.04. The number of nitrogens with zero attached hydrogens (tertiary/aromatic N) is 1. The minimum Gasteiger partial charge on any atom is -0.322 e. The molecule has 2 rings (SSSR count). The topological polar surface area (TPSA) is 32.3 Å². The number of anilines is 1. The van der Waals surface area contributed by atoms with Gasteiger partial charge in [0, 0.05) is 17.8 Å². The first-order valence-electron chi connectivity index (χ1n) is 8.23. The lowest BCUT2D eigenvalue weighted by molar-refractivity contribution is 0.102. The minimum absolute atomic E-state index is 0.0652. The minimum atomic E-state index is -0.0652. The molecule has 0 aliphatic carbocycles. The van der Waals surface area contributed by atoms with Crippen LogP contribution >= 0.6 is 0 Å². The zero-order valence-electron chi connectivity index (χ0n) is 14.5. The fourth-order valence-electron chi connectivity index (χ4n) is 2.48. The summed E-state index contributed by atoms with van der Waals surface area (Å²) in [4.78, 5) is 14.7. The molecule has 0 saturated heterocycles. The second-order valence-electron chi connectivity index (χ2n) is 5.91. The summed E-state index contributed by atoms with van der Waals surface area (Å²) in [5.41, 5.74) is 5.12. The Morgan fingerprint density at radius 2 is 1.61 bits per heavy atom. The van der Waals surface area contributed by atoms with Gasteiger partial charge < -0.3 is 5.32 Å². The van der Waals surface area contributed by atoms with Gasteiger partial charge in [0.25, 0.3) is 5.91 Å². The molecular formula is C20H26N2O. The van der Waals surface area contributed by atoms with E-state index in [-0.39, 0.29) is 5.91 Å². The largest absolute Gasteiger partial charge is 0.322 e. The van der Waals surface area contributed by atoms with Crippen LogP contribution in [-0.4, -0.2) is 23.9 Å². The summed E-state index contributed by atoms with van der Waals surface area (Å²) in [6, 6.07) is 13.9. The molecule has 3 nitrogen and oxygen atoms in total. The molecule has 0 atom stereocenters. The van der Waals surface area contributed by atoms with Crippen molar-refractivity contribution < 1.29 is 4.79 Å². The Hall–Kier alpha value is -2.13. The summed E-state index contributed by atoms with van der Waals surface area (Å²) < 4.78 is 0. The highest BCUT2D eigenvalue weighted by Crippen LogP contribution is 2.15. The van der Waals surface area contributed by atoms with E-state index >= 15 is 0 Å². The van der Waals surface area contributed by atoms with Gasteiger partial charge in [-0.1, -0.05) is 32.0 Å². The maximum absolute atomic E-state index is 12.3. The number of rotatable bonds is 6. The van der Waals surface area contributed by atoms with Crippen LogP contribution in [0.15, 0.2) is 42.5 Å². The predicted molar refractivity (Wildman–Crippen MR) is 96.9 cm³/mol. The van der Waals surface area contributed by atoms with Gasteiger partial charge in [-0.25, -0.2) is 0 Å². The van der Waals surface area contributed by atoms with Gasteiger partial charge >= 0.3 is 0 Å². The van der Waals surface area contributed by atoms with Gasteiger partial charge in [0.1, 0.15) is 0 Å². The van der Waals surface area contributed by atoms with Gasteiger partial charge in [0.2, 0.25) is 0 Å². The third-order valence-electron chi connectivity index (χ3n) is 4.28. The van der Waals surface area contributed by atoms with Crippen molar-refractivity contribution in [3.05, 3.63) is 64.7 Å². The van der Waals surface area contributed by atoms with Crippen molar-refractivity contribution in [3.63, 3.8) is 0 Å². The molecule has 0 spiro atoms. The molecule has 0 aliphatic rings. The van der Waals surface area contributed by atoms with Gasteiger partial charge in [0.05, 0.1) is 0 Å². The lowest BCUT2D eigenvalue weighted by Crippen LogP contribution is -2.22. The van der Waals surface area contributed by atoms with Gasteiger partial charge in [-0.05, 0) is 67.9 Å². The third-order valence-corrected chi connectivity index (χ3v) is 4.28. The highest BCUT2D eigenvalue weighted by atomic mass is 16.1. The van der Waals surface area contributed by atoms with Gasteiger partial charge in [-0.15, -0.1) is 0 Å². The molecule has 23 heavy (non-hydrogen) atoms. The Kier molecular flexibility index (Phi) is 5.94. The number of amides is 1. The van der Waals surface area contributed by atoms with Crippen LogP contribution in [0.2, 0.25) is 0 Å². The van der Waals surface area contributed by atoms with E-state index in [2.05, 4.69) is 36.2 Å². The van der Waals surface area contributed by atoms with E-state index in [9.17, 15) is 4.79 Å². The molecule has 1 amide bonds. The summed E-state index contributed by atoms with van der Waals surface area (Å²) in [7, 11) is 0. The standard InChI is InChI=1S/C20H26N2O/c1-5-22(6-2)14-17-8-11-19(12-9-17)21-20(23)18-10-7-15(3)16(4)13-18/h7-13H,5-6,14H2,1-4H3,(H,21,23). The number of aryl methyl sites for hydroxylation is 2. The second-order valence-corrected chi connectivity index (χ2v) is 5.91. The Labute approximate surface area is 139 Å². The van der Waals surface area contributed by atoms with Crippen molar-refractivity contribution in [1.82, 2.24) is 4.90 Å². The zero-order chi connectivity index (χ0) is 16.8.